The first kappa shape index (κ1) is 14.3. The molecule has 0 aliphatic carbocycles. The molecule has 0 atom stereocenters. The topological polar surface area (TPSA) is 67.1 Å². The van der Waals surface area contributed by atoms with Gasteiger partial charge in [-0.3, -0.25) is 0 Å². The number of nitrogens with two attached hydrogens (primary N) is 1. The number of aromatic nitrogens is 2. The summed E-state index contributed by atoms with van der Waals surface area (Å²) in [6, 6.07) is 2.22. The lowest BCUT2D eigenvalue weighted by Crippen LogP contribution is -2.31. The molecule has 2 aromatic rings. The molecule has 5 nitrogen and oxygen atoms in total. The van der Waals surface area contributed by atoms with Gasteiger partial charge in [0.2, 0.25) is 0 Å². The van der Waals surface area contributed by atoms with Crippen LogP contribution in [0.25, 0.3) is 0 Å². The first-order chi connectivity index (χ1) is 10.2. The van der Waals surface area contributed by atoms with E-state index in [1.165, 1.54) is 10.4 Å². The number of hydrogen-bond donors (Lipinski definition) is 2. The Kier molecular flexibility index (Phi) is 4.07. The number of nitrogen functional groups attached to an aromatic ring is 1. The van der Waals surface area contributed by atoms with Crippen LogP contribution in [0.2, 0.25) is 0 Å². The van der Waals surface area contributed by atoms with E-state index in [0.717, 1.165) is 55.4 Å². The third kappa shape index (κ3) is 2.73. The molecule has 112 valence electrons. The van der Waals surface area contributed by atoms with Gasteiger partial charge >= 0.3 is 0 Å². The van der Waals surface area contributed by atoms with E-state index in [4.69, 9.17) is 10.8 Å². The van der Waals surface area contributed by atoms with Crippen LogP contribution in [0.1, 0.15) is 35.2 Å². The zero-order chi connectivity index (χ0) is 14.8. The molecule has 3 heterocycles. The first-order valence-corrected chi connectivity index (χ1v) is 8.25. The third-order valence-electron chi connectivity index (χ3n) is 3.88. The lowest BCUT2D eigenvalue weighted by Gasteiger charge is -2.30. The van der Waals surface area contributed by atoms with Gasteiger partial charge in [0, 0.05) is 30.0 Å². The summed E-state index contributed by atoms with van der Waals surface area (Å²) in [6.45, 7) is 6.09. The number of nitrogens with zero attached hydrogens (tertiary/aromatic N) is 3. The molecule has 0 radical (unpaired) electrons. The maximum atomic E-state index is 5.62. The number of hydrazine groups is 1. The number of fused-ring (bicyclic) bond motifs is 1. The molecule has 0 bridgehead atoms. The molecule has 1 aliphatic rings. The van der Waals surface area contributed by atoms with Crippen LogP contribution in [-0.4, -0.2) is 16.5 Å². The largest absolute Gasteiger partial charge is 0.351 e. The molecule has 6 heteroatoms. The first-order valence-electron chi connectivity index (χ1n) is 7.37. The number of rotatable bonds is 4. The number of hydrogen-bond acceptors (Lipinski definition) is 6. The molecule has 0 unspecified atom stereocenters. The Hall–Kier alpha value is -1.66. The molecule has 0 spiro atoms. The van der Waals surface area contributed by atoms with Crippen LogP contribution in [0.3, 0.4) is 0 Å². The predicted octanol–water partition coefficient (Wildman–Crippen LogP) is 2.65. The summed E-state index contributed by atoms with van der Waals surface area (Å²) < 4.78 is 0. The van der Waals surface area contributed by atoms with Gasteiger partial charge in [-0.1, -0.05) is 6.92 Å². The zero-order valence-electron chi connectivity index (χ0n) is 12.5. The van der Waals surface area contributed by atoms with Crippen molar-refractivity contribution < 1.29 is 0 Å². The van der Waals surface area contributed by atoms with Crippen molar-refractivity contribution in [3.05, 3.63) is 33.3 Å². The van der Waals surface area contributed by atoms with E-state index in [0.29, 0.717) is 0 Å². The van der Waals surface area contributed by atoms with Gasteiger partial charge in [0.25, 0.3) is 0 Å². The van der Waals surface area contributed by atoms with Crippen molar-refractivity contribution in [3.8, 4) is 0 Å². The van der Waals surface area contributed by atoms with Crippen molar-refractivity contribution >= 4 is 23.0 Å². The quantitative estimate of drug-likeness (QED) is 0.671. The van der Waals surface area contributed by atoms with Crippen LogP contribution in [0.15, 0.2) is 11.4 Å². The van der Waals surface area contributed by atoms with Gasteiger partial charge in [-0.2, -0.15) is 0 Å². The van der Waals surface area contributed by atoms with Crippen LogP contribution < -0.4 is 16.2 Å². The van der Waals surface area contributed by atoms with Gasteiger partial charge in [0.1, 0.15) is 17.5 Å². The van der Waals surface area contributed by atoms with Gasteiger partial charge in [0.05, 0.1) is 0 Å². The summed E-state index contributed by atoms with van der Waals surface area (Å²) in [5.74, 6) is 8.23. The lowest BCUT2D eigenvalue weighted by atomic mass is 10.1. The van der Waals surface area contributed by atoms with Crippen LogP contribution in [0.4, 0.5) is 11.6 Å². The maximum absolute atomic E-state index is 5.62. The smallest absolute Gasteiger partial charge is 0.148 e. The number of anilines is 2. The van der Waals surface area contributed by atoms with Gasteiger partial charge in [-0.25, -0.2) is 15.8 Å². The minimum Gasteiger partial charge on any atom is -0.351 e. The highest BCUT2D eigenvalue weighted by molar-refractivity contribution is 7.10. The fourth-order valence-electron chi connectivity index (χ4n) is 2.76. The van der Waals surface area contributed by atoms with Gasteiger partial charge in [0.15, 0.2) is 0 Å². The van der Waals surface area contributed by atoms with Crippen LogP contribution >= 0.6 is 11.3 Å². The number of nitrogens with one attached hydrogen (secondary N) is 1. The Bertz CT molecular complexity index is 637. The van der Waals surface area contributed by atoms with E-state index < -0.39 is 0 Å². The van der Waals surface area contributed by atoms with Crippen molar-refractivity contribution in [2.45, 2.75) is 39.7 Å². The molecule has 2 aromatic heterocycles. The Balaban J connectivity index is 1.96. The lowest BCUT2D eigenvalue weighted by molar-refractivity contribution is 0.717. The summed E-state index contributed by atoms with van der Waals surface area (Å²) in [6.07, 6.45) is 2.99. The second-order valence-electron chi connectivity index (χ2n) is 5.37. The Morgan fingerprint density at radius 3 is 3.05 bits per heavy atom. The average Bonchev–Trinajstić information content (AvgIpc) is 2.96. The average molecular weight is 303 g/mol. The van der Waals surface area contributed by atoms with Crippen LogP contribution in [0.5, 0.6) is 0 Å². The van der Waals surface area contributed by atoms with E-state index in [2.05, 4.69) is 33.7 Å². The molecule has 0 amide bonds. The number of thiophene rings is 1. The molecular weight excluding hydrogens is 282 g/mol. The molecule has 3 rings (SSSR count). The van der Waals surface area contributed by atoms with Crippen molar-refractivity contribution in [3.63, 3.8) is 0 Å². The molecule has 1 aliphatic heterocycles. The zero-order valence-corrected chi connectivity index (χ0v) is 13.3. The number of aryl methyl sites for hydroxylation is 1. The van der Waals surface area contributed by atoms with E-state index in [1.807, 2.05) is 18.3 Å². The summed E-state index contributed by atoms with van der Waals surface area (Å²) >= 11 is 1.85. The fourth-order valence-corrected chi connectivity index (χ4v) is 3.65. The maximum Gasteiger partial charge on any atom is 0.148 e. The molecule has 0 saturated heterocycles. The monoisotopic (exact) mass is 303 g/mol. The van der Waals surface area contributed by atoms with E-state index in [9.17, 15) is 0 Å². The summed E-state index contributed by atoms with van der Waals surface area (Å²) in [7, 11) is 0. The molecule has 0 aromatic carbocycles. The Morgan fingerprint density at radius 2 is 2.29 bits per heavy atom. The highest BCUT2D eigenvalue weighted by atomic mass is 32.1. The standard InChI is InChI=1S/C15H21N5S/c1-3-4-13-17-14(19-16)10(2)15(18-13)20-7-5-12-11(9-20)6-8-21-12/h6,8H,3-5,7,9,16H2,1-2H3,(H,17,18,19). The second-order valence-corrected chi connectivity index (χ2v) is 6.37. The Morgan fingerprint density at radius 1 is 1.43 bits per heavy atom. The highest BCUT2D eigenvalue weighted by Gasteiger charge is 2.22. The normalized spacial score (nSPS) is 14.1. The molecular formula is C15H21N5S. The summed E-state index contributed by atoms with van der Waals surface area (Å²) in [4.78, 5) is 13.1. The van der Waals surface area contributed by atoms with Gasteiger partial charge in [-0.05, 0) is 36.8 Å². The second kappa shape index (κ2) is 5.99. The third-order valence-corrected chi connectivity index (χ3v) is 4.91. The summed E-state index contributed by atoms with van der Waals surface area (Å²) in [5, 5.41) is 2.18. The molecule has 21 heavy (non-hydrogen) atoms. The van der Waals surface area contributed by atoms with Crippen LogP contribution in [0, 0.1) is 6.92 Å². The van der Waals surface area contributed by atoms with Gasteiger partial charge in [-0.15, -0.1) is 11.3 Å². The van der Waals surface area contributed by atoms with Crippen molar-refractivity contribution in [2.75, 3.05) is 16.9 Å². The van der Waals surface area contributed by atoms with Gasteiger partial charge < -0.3 is 10.3 Å². The molecule has 0 fully saturated rings. The van der Waals surface area contributed by atoms with E-state index >= 15 is 0 Å². The van der Waals surface area contributed by atoms with E-state index in [1.54, 1.807) is 0 Å². The summed E-state index contributed by atoms with van der Waals surface area (Å²) in [5.41, 5.74) is 5.16. The predicted molar refractivity (Wildman–Crippen MR) is 87.6 cm³/mol. The Labute approximate surface area is 129 Å². The minimum absolute atomic E-state index is 0.736. The van der Waals surface area contributed by atoms with Crippen LogP contribution in [-0.2, 0) is 19.4 Å². The van der Waals surface area contributed by atoms with Crippen molar-refractivity contribution in [1.29, 1.82) is 0 Å². The van der Waals surface area contributed by atoms with Crippen molar-refractivity contribution in [2.24, 2.45) is 5.84 Å². The highest BCUT2D eigenvalue weighted by Crippen LogP contribution is 2.30. The fraction of sp³-hybridized carbons (Fsp3) is 0.467. The molecule has 3 N–H and O–H groups in total. The minimum atomic E-state index is 0.736. The molecule has 0 saturated carbocycles. The SMILES string of the molecule is CCCc1nc(NN)c(C)c(N2CCc3sccc3C2)n1. The van der Waals surface area contributed by atoms with Crippen molar-refractivity contribution in [1.82, 2.24) is 9.97 Å². The van der Waals surface area contributed by atoms with E-state index in [-0.39, 0.29) is 0 Å².